The maximum Gasteiger partial charge on any atom is 0.587 e. The molecule has 4 saturated heterocycles. The van der Waals surface area contributed by atoms with Gasteiger partial charge in [0.05, 0.1) is 52.0 Å². The number of aromatic nitrogens is 9. The average Bonchev–Trinajstić information content (AvgIpc) is 1.57. The van der Waals surface area contributed by atoms with Gasteiger partial charge in [0.15, 0.2) is 45.9 Å². The number of nitriles is 3. The minimum atomic E-state index is -5.00. The molecule has 9 atom stereocenters. The molecular weight excluding hydrogens is 1350 g/mol. The lowest BCUT2D eigenvalue weighted by Crippen LogP contribution is -2.44. The summed E-state index contributed by atoms with van der Waals surface area (Å²) < 4.78 is 86.7. The van der Waals surface area contributed by atoms with E-state index in [0.29, 0.717) is 56.8 Å². The largest absolute Gasteiger partial charge is 0.587 e. The topological polar surface area (TPSA) is 324 Å². The maximum absolute atomic E-state index is 16.1. The van der Waals surface area contributed by atoms with Crippen LogP contribution in [0, 0.1) is 34.0 Å². The number of hydrogen-bond donors (Lipinski definition) is 2. The standard InChI is InChI=1S/C73H87Cl2N14O11P/c1-6-7-8-9-10-11-12-13-14-15-16-17-18-19-20-21-22-27-52(91-40-48-30-31-53(51(36-48)39-76)87-47-81-44-84-87)41-92-101(90,99-58-28-23-25-49(60(58)74)37-72(42-77)66-64(93-70(2,3)97-66)62(95-72)54-32-34-56-68(79)82-45-85-88(54)56)100-59-29-24-26-50(61(59)75)38-73(43-78)67-65(94-71(4,5)98-67)63(96-73)55-33-35-57-69(80)83-46-86-89(55)57/h23-26,28-36,44-47,52,62-67H,6-22,27,37-38,40-41H2,1-5H3,(H2,79,82,85)(H2,80,83,86)/t52-,62-,63-,64-,65-,66-,67-,72-,73-/m1/s1. The number of rotatable bonds is 35. The van der Waals surface area contributed by atoms with Gasteiger partial charge in [-0.2, -0.15) is 31.1 Å². The third-order valence-corrected chi connectivity index (χ3v) is 21.4. The van der Waals surface area contributed by atoms with Gasteiger partial charge in [-0.1, -0.05) is 170 Å². The van der Waals surface area contributed by atoms with Crippen molar-refractivity contribution in [3.05, 3.63) is 148 Å². The molecule has 5 aromatic heterocycles. The van der Waals surface area contributed by atoms with Crippen molar-refractivity contribution < 1.29 is 51.3 Å². The van der Waals surface area contributed by atoms with Crippen molar-refractivity contribution in [3.63, 3.8) is 0 Å². The third-order valence-electron chi connectivity index (χ3n) is 19.2. The summed E-state index contributed by atoms with van der Waals surface area (Å²) in [6.45, 7) is 9.02. The van der Waals surface area contributed by atoms with Crippen molar-refractivity contribution in [2.45, 2.75) is 235 Å². The highest BCUT2D eigenvalue weighted by molar-refractivity contribution is 7.49. The van der Waals surface area contributed by atoms with Gasteiger partial charge in [-0.25, -0.2) is 33.2 Å². The van der Waals surface area contributed by atoms with Gasteiger partial charge in [0.1, 0.15) is 91.2 Å². The Bertz CT molecular complexity index is 4170. The first-order chi connectivity index (χ1) is 48.8. The molecule has 101 heavy (non-hydrogen) atoms. The van der Waals surface area contributed by atoms with E-state index in [1.54, 1.807) is 97.4 Å². The Balaban J connectivity index is 0.813. The summed E-state index contributed by atoms with van der Waals surface area (Å²) in [6.07, 6.45) is 20.4. The van der Waals surface area contributed by atoms with Crippen molar-refractivity contribution in [2.75, 3.05) is 18.1 Å². The number of benzene rings is 3. The molecule has 0 radical (unpaired) electrons. The van der Waals surface area contributed by atoms with Crippen molar-refractivity contribution in [1.29, 1.82) is 15.8 Å². The molecule has 0 saturated carbocycles. The zero-order valence-corrected chi connectivity index (χ0v) is 60.0. The fraction of sp³-hybridized carbons (Fsp3) is 0.521. The molecule has 4 aliphatic heterocycles. The average molecular weight is 1440 g/mol. The van der Waals surface area contributed by atoms with E-state index in [1.807, 2.05) is 6.07 Å². The fourth-order valence-corrected chi connectivity index (χ4v) is 16.1. The molecule has 0 aliphatic carbocycles. The lowest BCUT2D eigenvalue weighted by molar-refractivity contribution is -0.200. The number of phosphoric ester groups is 1. The third kappa shape index (κ3) is 16.3. The van der Waals surface area contributed by atoms with E-state index in [9.17, 15) is 15.8 Å². The van der Waals surface area contributed by atoms with E-state index in [2.05, 4.69) is 55.4 Å². The highest BCUT2D eigenvalue weighted by Gasteiger charge is 2.66. The molecule has 8 aromatic rings. The van der Waals surface area contributed by atoms with Crippen molar-refractivity contribution in [2.24, 2.45) is 0 Å². The summed E-state index contributed by atoms with van der Waals surface area (Å²) in [5.74, 6) is -2.04. The van der Waals surface area contributed by atoms with Crippen LogP contribution in [-0.4, -0.2) is 104 Å². The maximum atomic E-state index is 16.1. The van der Waals surface area contributed by atoms with Crippen LogP contribution < -0.4 is 20.5 Å². The molecule has 3 aromatic carbocycles. The van der Waals surface area contributed by atoms with Crippen LogP contribution in [0.25, 0.3) is 16.7 Å². The number of ether oxygens (including phenoxy) is 7. The van der Waals surface area contributed by atoms with Crippen LogP contribution >= 0.6 is 31.0 Å². The number of fused-ring (bicyclic) bond motifs is 4. The Morgan fingerprint density at radius 1 is 0.604 bits per heavy atom. The van der Waals surface area contributed by atoms with E-state index in [-0.39, 0.29) is 59.2 Å². The van der Waals surface area contributed by atoms with Gasteiger partial charge >= 0.3 is 7.82 Å². The molecule has 0 amide bonds. The van der Waals surface area contributed by atoms with E-state index < -0.39 is 73.3 Å². The van der Waals surface area contributed by atoms with Crippen LogP contribution in [0.15, 0.2) is 104 Å². The molecule has 28 heteroatoms. The number of nitrogens with zero attached hydrogens (tertiary/aromatic N) is 12. The molecule has 534 valence electrons. The smallest absolute Gasteiger partial charge is 0.393 e. The SMILES string of the molecule is CCCCCCCCCCCCCCCCCCC[C@H](COP(=O)(Oc1cccc(C[C@]2(C#N)O[C@H](c3ccc4c(N)ncnn34)[C@H]3OC(C)(C)O[C@H]32)c1Cl)Oc1cccc(C[C@]2(C#N)O[C@H](c3ccc4c(N)ncnn34)[C@H]3OC(C)(C)O[C@H]32)c1Cl)OCc1ccc(-n2cncn2)c(C#N)c1. The van der Waals surface area contributed by atoms with Gasteiger partial charge < -0.3 is 53.7 Å². The quantitative estimate of drug-likeness (QED) is 0.0275. The number of nitrogen functional groups attached to an aromatic ring is 2. The molecule has 4 N–H and O–H groups in total. The summed E-state index contributed by atoms with van der Waals surface area (Å²) in [4.78, 5) is 12.3. The van der Waals surface area contributed by atoms with Gasteiger partial charge in [-0.05, 0) is 99.3 Å². The fourth-order valence-electron chi connectivity index (χ4n) is 14.2. The zero-order valence-electron chi connectivity index (χ0n) is 57.6. The molecule has 0 spiro atoms. The second-order valence-corrected chi connectivity index (χ2v) is 29.7. The van der Waals surface area contributed by atoms with Crippen LogP contribution in [0.2, 0.25) is 10.0 Å². The summed E-state index contributed by atoms with van der Waals surface area (Å²) in [7, 11) is -5.00. The molecule has 12 rings (SSSR count). The Labute approximate surface area is 598 Å². The Morgan fingerprint density at radius 2 is 1.09 bits per heavy atom. The van der Waals surface area contributed by atoms with Crippen LogP contribution in [0.3, 0.4) is 0 Å². The number of halogens is 2. The van der Waals surface area contributed by atoms with Crippen LogP contribution in [0.5, 0.6) is 11.5 Å². The van der Waals surface area contributed by atoms with Crippen molar-refractivity contribution in [3.8, 4) is 35.4 Å². The molecule has 4 aliphatic rings. The van der Waals surface area contributed by atoms with Gasteiger partial charge in [0.2, 0.25) is 0 Å². The Hall–Kier alpha value is -7.80. The predicted octanol–water partition coefficient (Wildman–Crippen LogP) is 15.1. The van der Waals surface area contributed by atoms with E-state index in [0.717, 1.165) is 32.1 Å². The number of nitrogens with two attached hydrogens (primary N) is 2. The summed E-state index contributed by atoms with van der Waals surface area (Å²) >= 11 is 14.8. The second kappa shape index (κ2) is 31.8. The van der Waals surface area contributed by atoms with E-state index >= 15 is 4.57 Å². The normalized spacial score (nSPS) is 23.0. The number of phosphoric acid groups is 1. The highest BCUT2D eigenvalue weighted by Crippen LogP contribution is 2.57. The first-order valence-corrected chi connectivity index (χ1v) is 37.2. The Kier molecular flexibility index (Phi) is 23.0. The summed E-state index contributed by atoms with van der Waals surface area (Å²) in [5, 5.41) is 45.9. The predicted molar refractivity (Wildman–Crippen MR) is 375 cm³/mol. The zero-order chi connectivity index (χ0) is 70.9. The lowest BCUT2D eigenvalue weighted by atomic mass is 9.88. The second-order valence-electron chi connectivity index (χ2n) is 27.4. The summed E-state index contributed by atoms with van der Waals surface area (Å²) in [5.41, 5.74) is 13.5. The minimum Gasteiger partial charge on any atom is -0.393 e. The molecule has 0 bridgehead atoms. The monoisotopic (exact) mass is 1440 g/mol. The molecule has 25 nitrogen and oxygen atoms in total. The molecule has 9 heterocycles. The number of hydrogen-bond acceptors (Lipinski definition) is 22. The summed E-state index contributed by atoms with van der Waals surface area (Å²) in [6, 6.07) is 29.2. The van der Waals surface area contributed by atoms with Gasteiger partial charge in [0, 0.05) is 12.8 Å². The van der Waals surface area contributed by atoms with E-state index in [4.69, 9.17) is 81.4 Å². The van der Waals surface area contributed by atoms with Crippen LogP contribution in [0.1, 0.15) is 196 Å². The molecule has 4 fully saturated rings. The number of unbranched alkanes of at least 4 members (excludes halogenated alkanes) is 16. The van der Waals surface area contributed by atoms with Gasteiger partial charge in [-0.3, -0.25) is 4.52 Å². The van der Waals surface area contributed by atoms with Crippen molar-refractivity contribution in [1.82, 2.24) is 44.0 Å². The lowest BCUT2D eigenvalue weighted by Gasteiger charge is -2.30. The first kappa shape index (κ1) is 73.0. The molecular formula is C73H87Cl2N14O11P. The van der Waals surface area contributed by atoms with Crippen LogP contribution in [-0.2, 0) is 61.7 Å². The van der Waals surface area contributed by atoms with Crippen LogP contribution in [0.4, 0.5) is 11.6 Å². The van der Waals surface area contributed by atoms with E-state index in [1.165, 1.54) is 119 Å². The van der Waals surface area contributed by atoms with Crippen molar-refractivity contribution >= 4 is 53.7 Å². The van der Waals surface area contributed by atoms with Gasteiger partial charge in [0.25, 0.3) is 0 Å². The first-order valence-electron chi connectivity index (χ1n) is 35.0. The minimum absolute atomic E-state index is 0.0474. The highest BCUT2D eigenvalue weighted by atomic mass is 35.5. The Morgan fingerprint density at radius 3 is 1.54 bits per heavy atom. The van der Waals surface area contributed by atoms with Gasteiger partial charge in [-0.15, -0.1) is 0 Å². The molecule has 0 unspecified atom stereocenters. The number of anilines is 2.